The second kappa shape index (κ2) is 8.80. The Labute approximate surface area is 171 Å². The highest BCUT2D eigenvalue weighted by Gasteiger charge is 2.19. The van der Waals surface area contributed by atoms with Crippen molar-refractivity contribution in [2.45, 2.75) is 25.9 Å². The van der Waals surface area contributed by atoms with Crippen LogP contribution in [0.15, 0.2) is 60.8 Å². The normalized spacial score (nSPS) is 15.7. The van der Waals surface area contributed by atoms with E-state index in [1.54, 1.807) is 0 Å². The van der Waals surface area contributed by atoms with Gasteiger partial charge in [-0.2, -0.15) is 0 Å². The van der Waals surface area contributed by atoms with Crippen LogP contribution in [-0.4, -0.2) is 46.5 Å². The summed E-state index contributed by atoms with van der Waals surface area (Å²) in [4.78, 5) is 17.2. The van der Waals surface area contributed by atoms with Gasteiger partial charge in [0.15, 0.2) is 0 Å². The van der Waals surface area contributed by atoms with Crippen molar-refractivity contribution in [2.24, 2.45) is 0 Å². The molecule has 1 amide bonds. The predicted molar refractivity (Wildman–Crippen MR) is 114 cm³/mol. The van der Waals surface area contributed by atoms with Crippen LogP contribution in [0.25, 0.3) is 10.9 Å². The molecule has 4 nitrogen and oxygen atoms in total. The molecule has 0 aliphatic carbocycles. The van der Waals surface area contributed by atoms with Crippen molar-refractivity contribution in [3.63, 3.8) is 0 Å². The number of hydrogen-bond acceptors (Lipinski definition) is 2. The topological polar surface area (TPSA) is 28.5 Å². The number of rotatable bonds is 5. The molecule has 3 aromatic rings. The number of aryl methyl sites for hydroxylation is 1. The molecule has 0 atom stereocenters. The molecular weight excluding hydrogens is 370 g/mol. The van der Waals surface area contributed by atoms with Crippen LogP contribution in [0.2, 0.25) is 5.02 Å². The van der Waals surface area contributed by atoms with Gasteiger partial charge in [-0.05, 0) is 41.6 Å². The van der Waals surface area contributed by atoms with Crippen LogP contribution in [0, 0.1) is 0 Å². The van der Waals surface area contributed by atoms with E-state index in [1.165, 1.54) is 16.5 Å². The molecule has 1 fully saturated rings. The van der Waals surface area contributed by atoms with Crippen LogP contribution in [0.4, 0.5) is 0 Å². The largest absolute Gasteiger partial charge is 0.347 e. The van der Waals surface area contributed by atoms with E-state index in [9.17, 15) is 4.79 Å². The second-order valence-corrected chi connectivity index (χ2v) is 7.89. The molecule has 2 aromatic carbocycles. The standard InChI is InChI=1S/C23H26ClN3O/c24-21-8-6-19(7-9-21)18-25-12-3-13-27(17-16-25)23(28)11-15-26-14-10-20-4-1-2-5-22(20)26/h1-2,4-10,14H,3,11-13,15-18H2. The number of fused-ring (bicyclic) bond motifs is 1. The first-order valence-corrected chi connectivity index (χ1v) is 10.4. The maximum atomic E-state index is 12.8. The first-order chi connectivity index (χ1) is 13.7. The molecule has 0 spiro atoms. The second-order valence-electron chi connectivity index (χ2n) is 7.45. The van der Waals surface area contributed by atoms with E-state index in [1.807, 2.05) is 29.2 Å². The smallest absolute Gasteiger partial charge is 0.224 e. The molecule has 0 bridgehead atoms. The molecule has 0 radical (unpaired) electrons. The number of carbonyl (C=O) groups is 1. The van der Waals surface area contributed by atoms with Gasteiger partial charge in [-0.25, -0.2) is 0 Å². The zero-order chi connectivity index (χ0) is 19.3. The summed E-state index contributed by atoms with van der Waals surface area (Å²) < 4.78 is 2.18. The minimum Gasteiger partial charge on any atom is -0.347 e. The van der Waals surface area contributed by atoms with E-state index >= 15 is 0 Å². The Kier molecular flexibility index (Phi) is 5.98. The van der Waals surface area contributed by atoms with E-state index < -0.39 is 0 Å². The molecule has 0 saturated carbocycles. The summed E-state index contributed by atoms with van der Waals surface area (Å²) in [7, 11) is 0. The fourth-order valence-electron chi connectivity index (χ4n) is 3.94. The molecule has 1 aromatic heterocycles. The molecule has 0 unspecified atom stereocenters. The van der Waals surface area contributed by atoms with Crippen LogP contribution in [0.1, 0.15) is 18.4 Å². The van der Waals surface area contributed by atoms with Gasteiger partial charge in [0.2, 0.25) is 5.91 Å². The average Bonchev–Trinajstić information content (AvgIpc) is 2.98. The molecule has 1 saturated heterocycles. The maximum Gasteiger partial charge on any atom is 0.224 e. The van der Waals surface area contributed by atoms with Crippen LogP contribution in [0.3, 0.4) is 0 Å². The average molecular weight is 396 g/mol. The SMILES string of the molecule is O=C(CCn1ccc2ccccc21)N1CCCN(Cc2ccc(Cl)cc2)CC1. The lowest BCUT2D eigenvalue weighted by Gasteiger charge is -2.22. The Morgan fingerprint density at radius 1 is 0.929 bits per heavy atom. The van der Waals surface area contributed by atoms with Crippen LogP contribution in [-0.2, 0) is 17.9 Å². The third kappa shape index (κ3) is 4.57. The molecule has 0 N–H and O–H groups in total. The van der Waals surface area contributed by atoms with E-state index in [2.05, 4.69) is 46.0 Å². The molecule has 2 heterocycles. The summed E-state index contributed by atoms with van der Waals surface area (Å²) >= 11 is 5.97. The molecular formula is C23H26ClN3O. The molecule has 28 heavy (non-hydrogen) atoms. The summed E-state index contributed by atoms with van der Waals surface area (Å²) in [6.07, 6.45) is 3.65. The molecule has 146 valence electrons. The van der Waals surface area contributed by atoms with E-state index in [0.29, 0.717) is 6.42 Å². The van der Waals surface area contributed by atoms with E-state index in [0.717, 1.165) is 50.7 Å². The van der Waals surface area contributed by atoms with Crippen LogP contribution >= 0.6 is 11.6 Å². The highest BCUT2D eigenvalue weighted by Crippen LogP contribution is 2.16. The van der Waals surface area contributed by atoms with Crippen molar-refractivity contribution in [1.82, 2.24) is 14.4 Å². The Bertz CT molecular complexity index is 934. The third-order valence-corrected chi connectivity index (χ3v) is 5.76. The van der Waals surface area contributed by atoms with Gasteiger partial charge >= 0.3 is 0 Å². The van der Waals surface area contributed by atoms with Gasteiger partial charge in [-0.15, -0.1) is 0 Å². The third-order valence-electron chi connectivity index (χ3n) is 5.51. The molecule has 1 aliphatic heterocycles. The number of halogens is 1. The van der Waals surface area contributed by atoms with Gasteiger partial charge in [-0.1, -0.05) is 41.9 Å². The summed E-state index contributed by atoms with van der Waals surface area (Å²) in [5.74, 6) is 0.256. The zero-order valence-corrected chi connectivity index (χ0v) is 16.8. The lowest BCUT2D eigenvalue weighted by atomic mass is 10.2. The van der Waals surface area contributed by atoms with Gasteiger partial charge < -0.3 is 9.47 Å². The number of benzene rings is 2. The van der Waals surface area contributed by atoms with Crippen molar-refractivity contribution in [3.05, 3.63) is 71.4 Å². The number of para-hydroxylation sites is 1. The summed E-state index contributed by atoms with van der Waals surface area (Å²) in [5.41, 5.74) is 2.46. The Morgan fingerprint density at radius 2 is 1.75 bits per heavy atom. The Morgan fingerprint density at radius 3 is 2.61 bits per heavy atom. The minimum absolute atomic E-state index is 0.256. The Hall–Kier alpha value is -2.30. The van der Waals surface area contributed by atoms with Crippen LogP contribution in [0.5, 0.6) is 0 Å². The highest BCUT2D eigenvalue weighted by atomic mass is 35.5. The highest BCUT2D eigenvalue weighted by molar-refractivity contribution is 6.30. The lowest BCUT2D eigenvalue weighted by Crippen LogP contribution is -2.35. The number of amides is 1. The Balaban J connectivity index is 1.30. The number of nitrogens with zero attached hydrogens (tertiary/aromatic N) is 3. The van der Waals surface area contributed by atoms with Crippen molar-refractivity contribution in [3.8, 4) is 0 Å². The van der Waals surface area contributed by atoms with Gasteiger partial charge in [0.1, 0.15) is 0 Å². The zero-order valence-electron chi connectivity index (χ0n) is 16.1. The lowest BCUT2D eigenvalue weighted by molar-refractivity contribution is -0.131. The predicted octanol–water partition coefficient (Wildman–Crippen LogP) is 4.42. The molecule has 5 heteroatoms. The minimum atomic E-state index is 0.256. The fourth-order valence-corrected chi connectivity index (χ4v) is 4.06. The number of hydrogen-bond donors (Lipinski definition) is 0. The first kappa shape index (κ1) is 19.0. The van der Waals surface area contributed by atoms with Crippen molar-refractivity contribution in [2.75, 3.05) is 26.2 Å². The number of carbonyl (C=O) groups excluding carboxylic acids is 1. The quantitative estimate of drug-likeness (QED) is 0.639. The molecule has 1 aliphatic rings. The van der Waals surface area contributed by atoms with Gasteiger partial charge in [-0.3, -0.25) is 9.69 Å². The van der Waals surface area contributed by atoms with Gasteiger partial charge in [0, 0.05) is 62.4 Å². The summed E-state index contributed by atoms with van der Waals surface area (Å²) in [6, 6.07) is 18.5. The fraction of sp³-hybridized carbons (Fsp3) is 0.348. The first-order valence-electron chi connectivity index (χ1n) is 9.97. The van der Waals surface area contributed by atoms with E-state index in [4.69, 9.17) is 11.6 Å². The van der Waals surface area contributed by atoms with Gasteiger partial charge in [0.25, 0.3) is 0 Å². The summed E-state index contributed by atoms with van der Waals surface area (Å²) in [5, 5.41) is 1.99. The summed E-state index contributed by atoms with van der Waals surface area (Å²) in [6.45, 7) is 5.24. The van der Waals surface area contributed by atoms with Crippen molar-refractivity contribution in [1.29, 1.82) is 0 Å². The van der Waals surface area contributed by atoms with Crippen molar-refractivity contribution >= 4 is 28.4 Å². The molecule has 4 rings (SSSR count). The maximum absolute atomic E-state index is 12.8. The monoisotopic (exact) mass is 395 g/mol. The van der Waals surface area contributed by atoms with E-state index in [-0.39, 0.29) is 5.91 Å². The van der Waals surface area contributed by atoms with Gasteiger partial charge in [0.05, 0.1) is 0 Å². The van der Waals surface area contributed by atoms with Crippen LogP contribution < -0.4 is 0 Å². The number of aromatic nitrogens is 1. The van der Waals surface area contributed by atoms with Crippen molar-refractivity contribution < 1.29 is 4.79 Å².